The van der Waals surface area contributed by atoms with Gasteiger partial charge in [0.2, 0.25) is 0 Å². The number of hydrogen-bond donors (Lipinski definition) is 0. The highest BCUT2D eigenvalue weighted by Gasteiger charge is 2.31. The van der Waals surface area contributed by atoms with E-state index in [0.717, 1.165) is 35.2 Å². The summed E-state index contributed by atoms with van der Waals surface area (Å²) in [5.74, 6) is -0.219. The van der Waals surface area contributed by atoms with Crippen LogP contribution in [0.4, 0.5) is 11.4 Å². The fourth-order valence-corrected chi connectivity index (χ4v) is 6.25. The highest BCUT2D eigenvalue weighted by molar-refractivity contribution is 7.92. The second-order valence-corrected chi connectivity index (χ2v) is 11.5. The van der Waals surface area contributed by atoms with Crippen molar-refractivity contribution >= 4 is 38.9 Å². The molecule has 4 aromatic carbocycles. The van der Waals surface area contributed by atoms with E-state index in [4.69, 9.17) is 11.6 Å². The van der Waals surface area contributed by atoms with Gasteiger partial charge in [-0.1, -0.05) is 71.8 Å². The maximum absolute atomic E-state index is 14.0. The van der Waals surface area contributed by atoms with Crippen molar-refractivity contribution in [3.63, 3.8) is 0 Å². The summed E-state index contributed by atoms with van der Waals surface area (Å²) < 4.78 is 29.4. The van der Waals surface area contributed by atoms with Crippen LogP contribution in [-0.4, -0.2) is 20.9 Å². The van der Waals surface area contributed by atoms with Crippen molar-refractivity contribution in [3.05, 3.63) is 124 Å². The number of rotatable bonds is 6. The Hall–Kier alpha value is -3.61. The molecule has 0 bridgehead atoms. The number of nitrogens with zero attached hydrogens (tertiary/aromatic N) is 2. The fraction of sp³-hybridized carbons (Fsp3) is 0.167. The predicted molar refractivity (Wildman–Crippen MR) is 149 cm³/mol. The monoisotopic (exact) mass is 530 g/mol. The Morgan fingerprint density at radius 3 is 2.32 bits per heavy atom. The number of hydrogen-bond acceptors (Lipinski definition) is 3. The molecule has 1 aliphatic heterocycles. The molecule has 1 amide bonds. The minimum Gasteiger partial charge on any atom is -0.308 e. The first kappa shape index (κ1) is 25.1. The molecule has 1 heterocycles. The minimum atomic E-state index is -4.00. The molecule has 188 valence electrons. The van der Waals surface area contributed by atoms with Gasteiger partial charge >= 0.3 is 0 Å². The lowest BCUT2D eigenvalue weighted by Crippen LogP contribution is -2.38. The molecule has 0 N–H and O–H groups in total. The summed E-state index contributed by atoms with van der Waals surface area (Å²) in [5.41, 5.74) is 4.38. The number of aryl methyl sites for hydroxylation is 2. The first-order valence-corrected chi connectivity index (χ1v) is 14.0. The number of anilines is 2. The lowest BCUT2D eigenvalue weighted by Gasteiger charge is -2.32. The maximum Gasteiger partial charge on any atom is 0.264 e. The zero-order valence-corrected chi connectivity index (χ0v) is 22.0. The minimum absolute atomic E-state index is 0.0499. The van der Waals surface area contributed by atoms with Crippen molar-refractivity contribution in [1.82, 2.24) is 0 Å². The molecule has 0 saturated heterocycles. The maximum atomic E-state index is 14.0. The molecule has 0 radical (unpaired) electrons. The van der Waals surface area contributed by atoms with Crippen molar-refractivity contribution < 1.29 is 13.2 Å². The first-order valence-electron chi connectivity index (χ1n) is 12.2. The van der Waals surface area contributed by atoms with Crippen LogP contribution >= 0.6 is 11.6 Å². The number of carbonyl (C=O) groups excluding carboxylic acids is 1. The van der Waals surface area contributed by atoms with Crippen LogP contribution in [0.15, 0.2) is 102 Å². The van der Waals surface area contributed by atoms with Gasteiger partial charge < -0.3 is 4.90 Å². The van der Waals surface area contributed by atoms with Crippen LogP contribution in [0.3, 0.4) is 0 Å². The molecule has 5 nitrogen and oxygen atoms in total. The standard InChI is InChI=1S/C30H27ClN2O3S/c1-22-12-18-26(19-13-22)37(35,36)33(21-23-14-16-25(31)17-15-23)29-11-5-3-9-27(29)30(34)32-20-6-8-24-7-2-4-10-28(24)32/h2-5,7,9-19H,6,8,20-21H2,1H3. The van der Waals surface area contributed by atoms with Gasteiger partial charge in [-0.2, -0.15) is 0 Å². The third kappa shape index (κ3) is 5.13. The molecule has 0 fully saturated rings. The Morgan fingerprint density at radius 2 is 1.57 bits per heavy atom. The highest BCUT2D eigenvalue weighted by Crippen LogP contribution is 2.33. The van der Waals surface area contributed by atoms with Crippen molar-refractivity contribution in [2.75, 3.05) is 15.7 Å². The van der Waals surface area contributed by atoms with Gasteiger partial charge in [0.15, 0.2) is 0 Å². The summed E-state index contributed by atoms with van der Waals surface area (Å²) in [4.78, 5) is 15.9. The first-order chi connectivity index (χ1) is 17.8. The van der Waals surface area contributed by atoms with Crippen molar-refractivity contribution in [1.29, 1.82) is 0 Å². The Bertz CT molecular complexity index is 1530. The fourth-order valence-electron chi connectivity index (χ4n) is 4.65. The van der Waals surface area contributed by atoms with Crippen LogP contribution in [-0.2, 0) is 23.0 Å². The van der Waals surface area contributed by atoms with E-state index in [9.17, 15) is 13.2 Å². The number of sulfonamides is 1. The molecule has 0 spiro atoms. The smallest absolute Gasteiger partial charge is 0.264 e. The van der Waals surface area contributed by atoms with E-state index in [-0.39, 0.29) is 17.3 Å². The zero-order chi connectivity index (χ0) is 26.0. The van der Waals surface area contributed by atoms with E-state index in [0.29, 0.717) is 22.8 Å². The van der Waals surface area contributed by atoms with E-state index in [1.54, 1.807) is 77.7 Å². The molecule has 4 aromatic rings. The second kappa shape index (κ2) is 10.4. The van der Waals surface area contributed by atoms with E-state index in [1.165, 1.54) is 4.31 Å². The number of amides is 1. The van der Waals surface area contributed by atoms with Crippen LogP contribution in [0.1, 0.15) is 33.5 Å². The molecule has 0 atom stereocenters. The Balaban J connectivity index is 1.62. The number of para-hydroxylation sites is 2. The summed E-state index contributed by atoms with van der Waals surface area (Å²) in [6, 6.07) is 28.6. The number of benzene rings is 4. The molecule has 0 aromatic heterocycles. The Morgan fingerprint density at radius 1 is 0.892 bits per heavy atom. The van der Waals surface area contributed by atoms with E-state index in [1.807, 2.05) is 31.2 Å². The number of halogens is 1. The Labute approximate surface area is 223 Å². The normalized spacial score (nSPS) is 13.2. The number of carbonyl (C=O) groups is 1. The highest BCUT2D eigenvalue weighted by atomic mass is 35.5. The van der Waals surface area contributed by atoms with Crippen molar-refractivity contribution in [2.24, 2.45) is 0 Å². The molecular weight excluding hydrogens is 504 g/mol. The van der Waals surface area contributed by atoms with Gasteiger partial charge in [-0.25, -0.2) is 8.42 Å². The summed E-state index contributed by atoms with van der Waals surface area (Å²) in [6.07, 6.45) is 1.76. The molecular formula is C30H27ClN2O3S. The van der Waals surface area contributed by atoms with Crippen molar-refractivity contribution in [3.8, 4) is 0 Å². The van der Waals surface area contributed by atoms with E-state index in [2.05, 4.69) is 0 Å². The third-order valence-electron chi connectivity index (χ3n) is 6.61. The predicted octanol–water partition coefficient (Wildman–Crippen LogP) is 6.64. The molecule has 37 heavy (non-hydrogen) atoms. The molecule has 7 heteroatoms. The average Bonchev–Trinajstić information content (AvgIpc) is 2.92. The third-order valence-corrected chi connectivity index (χ3v) is 8.63. The van der Waals surface area contributed by atoms with Crippen LogP contribution in [0.2, 0.25) is 5.02 Å². The SMILES string of the molecule is Cc1ccc(S(=O)(=O)N(Cc2ccc(Cl)cc2)c2ccccc2C(=O)N2CCCc3ccccc32)cc1. The summed E-state index contributed by atoms with van der Waals surface area (Å²) in [7, 11) is -4.00. The van der Waals surface area contributed by atoms with Crippen LogP contribution < -0.4 is 9.21 Å². The van der Waals surface area contributed by atoms with Gasteiger partial charge in [0, 0.05) is 17.3 Å². The topological polar surface area (TPSA) is 57.7 Å². The van der Waals surface area contributed by atoms with Gasteiger partial charge in [0.05, 0.1) is 22.7 Å². The second-order valence-electron chi connectivity index (χ2n) is 9.16. The Kier molecular flexibility index (Phi) is 7.04. The van der Waals surface area contributed by atoms with Crippen LogP contribution in [0.25, 0.3) is 0 Å². The van der Waals surface area contributed by atoms with Gasteiger partial charge in [0.1, 0.15) is 0 Å². The van der Waals surface area contributed by atoms with Crippen LogP contribution in [0, 0.1) is 6.92 Å². The van der Waals surface area contributed by atoms with E-state index >= 15 is 0 Å². The lowest BCUT2D eigenvalue weighted by molar-refractivity contribution is 0.0985. The number of fused-ring (bicyclic) bond motifs is 1. The van der Waals surface area contributed by atoms with Crippen molar-refractivity contribution in [2.45, 2.75) is 31.2 Å². The van der Waals surface area contributed by atoms with Gasteiger partial charge in [-0.05, 0) is 73.4 Å². The average molecular weight is 531 g/mol. The summed E-state index contributed by atoms with van der Waals surface area (Å²) in [5, 5.41) is 0.566. The van der Waals surface area contributed by atoms with E-state index < -0.39 is 10.0 Å². The quantitative estimate of drug-likeness (QED) is 0.281. The van der Waals surface area contributed by atoms with Gasteiger partial charge in [-0.15, -0.1) is 0 Å². The van der Waals surface area contributed by atoms with Gasteiger partial charge in [0.25, 0.3) is 15.9 Å². The van der Waals surface area contributed by atoms with Gasteiger partial charge in [-0.3, -0.25) is 9.10 Å². The molecule has 0 unspecified atom stereocenters. The van der Waals surface area contributed by atoms with Crippen LogP contribution in [0.5, 0.6) is 0 Å². The molecule has 0 saturated carbocycles. The largest absolute Gasteiger partial charge is 0.308 e. The zero-order valence-electron chi connectivity index (χ0n) is 20.5. The molecule has 0 aliphatic carbocycles. The summed E-state index contributed by atoms with van der Waals surface area (Å²) in [6.45, 7) is 2.53. The molecule has 1 aliphatic rings. The lowest BCUT2D eigenvalue weighted by atomic mass is 10.0. The summed E-state index contributed by atoms with van der Waals surface area (Å²) >= 11 is 6.08. The molecule has 5 rings (SSSR count).